The van der Waals surface area contributed by atoms with Gasteiger partial charge in [0, 0.05) is 5.56 Å². The highest BCUT2D eigenvalue weighted by Crippen LogP contribution is 2.18. The van der Waals surface area contributed by atoms with E-state index in [9.17, 15) is 17.6 Å². The molecule has 0 saturated heterocycles. The first-order chi connectivity index (χ1) is 13.3. The lowest BCUT2D eigenvalue weighted by molar-refractivity contribution is 0.0424. The average molecular weight is 405 g/mol. The Balaban J connectivity index is 1.71. The van der Waals surface area contributed by atoms with E-state index in [-0.39, 0.29) is 5.89 Å². The van der Waals surface area contributed by atoms with Crippen molar-refractivity contribution in [1.82, 2.24) is 10.1 Å². The van der Waals surface area contributed by atoms with Crippen molar-refractivity contribution < 1.29 is 26.9 Å². The van der Waals surface area contributed by atoms with Crippen LogP contribution in [0.1, 0.15) is 28.7 Å². The fourth-order valence-electron chi connectivity index (χ4n) is 2.36. The second kappa shape index (κ2) is 7.87. The lowest BCUT2D eigenvalue weighted by atomic mass is 10.1. The Morgan fingerprint density at radius 3 is 2.57 bits per heavy atom. The number of primary sulfonamides is 1. The Bertz CT molecular complexity index is 1110. The quantitative estimate of drug-likeness (QED) is 0.624. The number of benzene rings is 2. The maximum atomic E-state index is 13.8. The van der Waals surface area contributed by atoms with E-state index in [2.05, 4.69) is 10.1 Å². The Morgan fingerprint density at radius 2 is 1.93 bits per heavy atom. The van der Waals surface area contributed by atoms with Crippen molar-refractivity contribution in [1.29, 1.82) is 0 Å². The number of halogens is 1. The molecule has 2 aromatic carbocycles. The zero-order valence-corrected chi connectivity index (χ0v) is 15.6. The Labute approximate surface area is 160 Å². The van der Waals surface area contributed by atoms with Crippen molar-refractivity contribution in [3.05, 3.63) is 65.3 Å². The number of ether oxygens (including phenoxy) is 1. The first-order valence-electron chi connectivity index (χ1n) is 8.19. The van der Waals surface area contributed by atoms with Crippen molar-refractivity contribution in [2.24, 2.45) is 5.14 Å². The van der Waals surface area contributed by atoms with E-state index < -0.39 is 38.9 Å². The monoisotopic (exact) mass is 405 g/mol. The molecule has 0 unspecified atom stereocenters. The summed E-state index contributed by atoms with van der Waals surface area (Å²) in [5.74, 6) is -1.71. The molecule has 0 radical (unpaired) electrons. The van der Waals surface area contributed by atoms with Gasteiger partial charge in [0.25, 0.3) is 5.89 Å². The number of sulfonamides is 1. The summed E-state index contributed by atoms with van der Waals surface area (Å²) in [7, 11) is -4.09. The maximum absolute atomic E-state index is 13.8. The first-order valence-corrected chi connectivity index (χ1v) is 9.74. The van der Waals surface area contributed by atoms with Gasteiger partial charge in [-0.3, -0.25) is 0 Å². The number of esters is 1. The van der Waals surface area contributed by atoms with Crippen LogP contribution in [-0.2, 0) is 27.8 Å². The van der Waals surface area contributed by atoms with Crippen LogP contribution in [0.25, 0.3) is 11.4 Å². The number of hydrogen-bond acceptors (Lipinski definition) is 7. The molecule has 0 bridgehead atoms. The minimum absolute atomic E-state index is 0.00549. The van der Waals surface area contributed by atoms with Gasteiger partial charge in [-0.2, -0.15) is 4.98 Å². The van der Waals surface area contributed by atoms with Crippen LogP contribution in [0.2, 0.25) is 0 Å². The standard InChI is InChI=1S/C18H16FN3O5S/c1-2-11-3-5-12(6-4-11)17-21-16(27-22-17)10-26-18(23)14-9-13(28(20,24)25)7-8-15(14)19/h3-9H,2,10H2,1H3,(H2,20,24,25). The molecular formula is C18H16FN3O5S. The summed E-state index contributed by atoms with van der Waals surface area (Å²) < 4.78 is 46.5. The number of nitrogens with zero attached hydrogens (tertiary/aromatic N) is 2. The topological polar surface area (TPSA) is 125 Å². The third-order valence-electron chi connectivity index (χ3n) is 3.90. The lowest BCUT2D eigenvalue weighted by Gasteiger charge is -2.05. The number of rotatable bonds is 6. The minimum atomic E-state index is -4.09. The summed E-state index contributed by atoms with van der Waals surface area (Å²) in [4.78, 5) is 15.8. The molecular weight excluding hydrogens is 389 g/mol. The molecule has 0 atom stereocenters. The zero-order chi connectivity index (χ0) is 20.3. The highest BCUT2D eigenvalue weighted by Gasteiger charge is 2.19. The van der Waals surface area contributed by atoms with Crippen molar-refractivity contribution in [3.63, 3.8) is 0 Å². The number of carbonyl (C=O) groups is 1. The van der Waals surface area contributed by atoms with Crippen LogP contribution in [0.15, 0.2) is 51.9 Å². The number of carbonyl (C=O) groups excluding carboxylic acids is 1. The summed E-state index contributed by atoms with van der Waals surface area (Å²) in [5, 5.41) is 8.79. The fourth-order valence-corrected chi connectivity index (χ4v) is 2.90. The SMILES string of the molecule is CCc1ccc(-c2noc(COC(=O)c3cc(S(N)(=O)=O)ccc3F)n2)cc1. The molecule has 0 aliphatic carbocycles. The summed E-state index contributed by atoms with van der Waals surface area (Å²) >= 11 is 0. The largest absolute Gasteiger partial charge is 0.452 e. The average Bonchev–Trinajstić information content (AvgIpc) is 3.14. The summed E-state index contributed by atoms with van der Waals surface area (Å²) in [6.07, 6.45) is 0.900. The van der Waals surface area contributed by atoms with Crippen LogP contribution in [0.4, 0.5) is 4.39 Å². The van der Waals surface area contributed by atoms with Crippen molar-refractivity contribution in [2.45, 2.75) is 24.8 Å². The molecule has 146 valence electrons. The molecule has 3 aromatic rings. The molecule has 2 N–H and O–H groups in total. The summed E-state index contributed by atoms with van der Waals surface area (Å²) in [6, 6.07) is 10.1. The highest BCUT2D eigenvalue weighted by molar-refractivity contribution is 7.89. The van der Waals surface area contributed by atoms with Crippen LogP contribution in [0, 0.1) is 5.82 Å². The van der Waals surface area contributed by atoms with E-state index in [4.69, 9.17) is 14.4 Å². The zero-order valence-electron chi connectivity index (χ0n) is 14.8. The van der Waals surface area contributed by atoms with Crippen molar-refractivity contribution in [2.75, 3.05) is 0 Å². The Kier molecular flexibility index (Phi) is 5.52. The van der Waals surface area contributed by atoms with E-state index >= 15 is 0 Å². The highest BCUT2D eigenvalue weighted by atomic mass is 32.2. The normalized spacial score (nSPS) is 11.4. The number of hydrogen-bond donors (Lipinski definition) is 1. The van der Waals surface area contributed by atoms with Crippen LogP contribution < -0.4 is 5.14 Å². The number of nitrogens with two attached hydrogens (primary N) is 1. The molecule has 0 spiro atoms. The third kappa shape index (κ3) is 4.41. The van der Waals surface area contributed by atoms with Gasteiger partial charge >= 0.3 is 5.97 Å². The van der Waals surface area contributed by atoms with E-state index in [1.54, 1.807) is 0 Å². The van der Waals surface area contributed by atoms with Crippen molar-refractivity contribution in [3.8, 4) is 11.4 Å². The van der Waals surface area contributed by atoms with Crippen molar-refractivity contribution >= 4 is 16.0 Å². The van der Waals surface area contributed by atoms with Gasteiger partial charge in [-0.1, -0.05) is 36.3 Å². The Hall–Kier alpha value is -3.11. The molecule has 0 amide bonds. The van der Waals surface area contributed by atoms with E-state index in [0.29, 0.717) is 5.82 Å². The lowest BCUT2D eigenvalue weighted by Crippen LogP contribution is -2.14. The predicted molar refractivity (Wildman–Crippen MR) is 96.0 cm³/mol. The molecule has 0 fully saturated rings. The number of aromatic nitrogens is 2. The van der Waals surface area contributed by atoms with Gasteiger partial charge in [0.1, 0.15) is 5.82 Å². The molecule has 28 heavy (non-hydrogen) atoms. The van der Waals surface area contributed by atoms with Gasteiger partial charge in [0.15, 0.2) is 6.61 Å². The molecule has 3 rings (SSSR count). The molecule has 0 aliphatic heterocycles. The molecule has 1 aromatic heterocycles. The van der Waals surface area contributed by atoms with Gasteiger partial charge in [-0.05, 0) is 30.2 Å². The van der Waals surface area contributed by atoms with Gasteiger partial charge in [0.05, 0.1) is 10.5 Å². The van der Waals surface area contributed by atoms with Gasteiger partial charge in [0.2, 0.25) is 15.8 Å². The summed E-state index contributed by atoms with van der Waals surface area (Å²) in [5.41, 5.74) is 1.32. The van der Waals surface area contributed by atoms with Crippen LogP contribution in [0.5, 0.6) is 0 Å². The fraction of sp³-hybridized carbons (Fsp3) is 0.167. The Morgan fingerprint density at radius 1 is 1.21 bits per heavy atom. The molecule has 10 heteroatoms. The first kappa shape index (κ1) is 19.6. The molecule has 0 aliphatic rings. The smallest absolute Gasteiger partial charge is 0.341 e. The summed E-state index contributed by atoms with van der Waals surface area (Å²) in [6.45, 7) is 1.63. The third-order valence-corrected chi connectivity index (χ3v) is 4.81. The van der Waals surface area contributed by atoms with Gasteiger partial charge in [-0.15, -0.1) is 0 Å². The van der Waals surface area contributed by atoms with Gasteiger partial charge < -0.3 is 9.26 Å². The van der Waals surface area contributed by atoms with Crippen LogP contribution in [0.3, 0.4) is 0 Å². The van der Waals surface area contributed by atoms with Crippen LogP contribution in [-0.4, -0.2) is 24.5 Å². The molecule has 0 saturated carbocycles. The van der Waals surface area contributed by atoms with E-state index in [0.717, 1.165) is 35.7 Å². The number of aryl methyl sites for hydroxylation is 1. The van der Waals surface area contributed by atoms with Crippen LogP contribution >= 0.6 is 0 Å². The second-order valence-electron chi connectivity index (χ2n) is 5.82. The molecule has 8 nitrogen and oxygen atoms in total. The second-order valence-corrected chi connectivity index (χ2v) is 7.39. The van der Waals surface area contributed by atoms with E-state index in [1.807, 2.05) is 31.2 Å². The molecule has 1 heterocycles. The predicted octanol–water partition coefficient (Wildman–Crippen LogP) is 2.44. The minimum Gasteiger partial charge on any atom is -0.452 e. The van der Waals surface area contributed by atoms with Gasteiger partial charge in [-0.25, -0.2) is 22.7 Å². The van der Waals surface area contributed by atoms with E-state index in [1.165, 1.54) is 0 Å². The maximum Gasteiger partial charge on any atom is 0.341 e.